The highest BCUT2D eigenvalue weighted by molar-refractivity contribution is 5.76. The molecule has 1 aromatic heterocycles. The van der Waals surface area contributed by atoms with Gasteiger partial charge in [0, 0.05) is 43.1 Å². The van der Waals surface area contributed by atoms with Crippen molar-refractivity contribution < 1.29 is 4.79 Å². The fourth-order valence-electron chi connectivity index (χ4n) is 1.52. The second-order valence-electron chi connectivity index (χ2n) is 5.35. The van der Waals surface area contributed by atoms with Gasteiger partial charge in [0.05, 0.1) is 5.69 Å². The topological polar surface area (TPSA) is 66.9 Å². The summed E-state index contributed by atoms with van der Waals surface area (Å²) in [6, 6.07) is 0.0983. The summed E-state index contributed by atoms with van der Waals surface area (Å²) in [5, 5.41) is 6.18. The Labute approximate surface area is 108 Å². The second-order valence-corrected chi connectivity index (χ2v) is 5.35. The summed E-state index contributed by atoms with van der Waals surface area (Å²) in [4.78, 5) is 19.8. The molecule has 0 fully saturated rings. The van der Waals surface area contributed by atoms with Gasteiger partial charge in [0.1, 0.15) is 0 Å². The quantitative estimate of drug-likeness (QED) is 0.829. The smallest absolute Gasteiger partial charge is 0.221 e. The van der Waals surface area contributed by atoms with Crippen molar-refractivity contribution in [1.82, 2.24) is 20.6 Å². The van der Waals surface area contributed by atoms with Crippen LogP contribution in [0.4, 0.5) is 0 Å². The molecule has 0 saturated heterocycles. The summed E-state index contributed by atoms with van der Waals surface area (Å²) < 4.78 is 0. The van der Waals surface area contributed by atoms with Crippen molar-refractivity contribution in [2.75, 3.05) is 6.54 Å². The Bertz CT molecular complexity index is 372. The highest BCUT2D eigenvalue weighted by atomic mass is 16.1. The van der Waals surface area contributed by atoms with Gasteiger partial charge in [0.2, 0.25) is 5.91 Å². The second kappa shape index (κ2) is 6.44. The van der Waals surface area contributed by atoms with Crippen LogP contribution in [0.5, 0.6) is 0 Å². The molecule has 1 rings (SSSR count). The number of rotatable bonds is 5. The zero-order valence-electron chi connectivity index (χ0n) is 11.5. The first-order valence-corrected chi connectivity index (χ1v) is 6.19. The average Bonchev–Trinajstić information content (AvgIpc) is 2.27. The minimum Gasteiger partial charge on any atom is -0.351 e. The molecule has 0 radical (unpaired) electrons. The molecular formula is C13H22N4O. The third kappa shape index (κ3) is 5.72. The molecule has 0 bridgehead atoms. The first-order valence-electron chi connectivity index (χ1n) is 6.19. The Kier molecular flexibility index (Phi) is 5.22. The van der Waals surface area contributed by atoms with E-state index in [9.17, 15) is 4.79 Å². The van der Waals surface area contributed by atoms with Crippen LogP contribution in [0.3, 0.4) is 0 Å². The first kappa shape index (κ1) is 14.6. The Hall–Kier alpha value is -1.49. The Morgan fingerprint density at radius 1 is 1.39 bits per heavy atom. The monoisotopic (exact) mass is 250 g/mol. The molecule has 1 heterocycles. The van der Waals surface area contributed by atoms with E-state index in [1.54, 1.807) is 18.6 Å². The number of hydrogen-bond acceptors (Lipinski definition) is 4. The Morgan fingerprint density at radius 2 is 2.11 bits per heavy atom. The third-order valence-electron chi connectivity index (χ3n) is 2.34. The number of aromatic nitrogens is 2. The largest absolute Gasteiger partial charge is 0.351 e. The molecule has 5 heteroatoms. The molecule has 100 valence electrons. The summed E-state index contributed by atoms with van der Waals surface area (Å²) in [6.07, 6.45) is 5.50. The number of carbonyl (C=O) groups is 1. The van der Waals surface area contributed by atoms with Crippen molar-refractivity contribution in [3.05, 3.63) is 24.3 Å². The number of hydrogen-bond donors (Lipinski definition) is 2. The van der Waals surface area contributed by atoms with E-state index in [0.29, 0.717) is 13.0 Å². The molecule has 0 aromatic carbocycles. The molecule has 0 aliphatic carbocycles. The van der Waals surface area contributed by atoms with Gasteiger partial charge < -0.3 is 10.6 Å². The predicted molar refractivity (Wildman–Crippen MR) is 71.0 cm³/mol. The molecular weight excluding hydrogens is 228 g/mol. The number of nitrogens with one attached hydrogen (secondary N) is 2. The van der Waals surface area contributed by atoms with E-state index in [1.807, 2.05) is 27.7 Å². The Balaban J connectivity index is 2.28. The predicted octanol–water partition coefficient (Wildman–Crippen LogP) is 1.43. The number of carbonyl (C=O) groups excluding carboxylic acids is 1. The normalized spacial score (nSPS) is 13.1. The lowest BCUT2D eigenvalue weighted by atomic mass is 10.1. The lowest BCUT2D eigenvalue weighted by Gasteiger charge is -2.21. The van der Waals surface area contributed by atoms with Crippen LogP contribution in [0.1, 0.15) is 45.9 Å². The molecule has 5 nitrogen and oxygen atoms in total. The molecule has 1 atom stereocenters. The van der Waals surface area contributed by atoms with Gasteiger partial charge in [-0.2, -0.15) is 0 Å². The molecule has 0 aliphatic rings. The van der Waals surface area contributed by atoms with Crippen molar-refractivity contribution in [2.45, 2.75) is 45.7 Å². The van der Waals surface area contributed by atoms with Crippen molar-refractivity contribution >= 4 is 5.91 Å². The van der Waals surface area contributed by atoms with Gasteiger partial charge >= 0.3 is 0 Å². The van der Waals surface area contributed by atoms with Crippen molar-refractivity contribution in [2.24, 2.45) is 0 Å². The number of nitrogens with zero attached hydrogens (tertiary/aromatic N) is 2. The van der Waals surface area contributed by atoms with E-state index in [-0.39, 0.29) is 17.5 Å². The van der Waals surface area contributed by atoms with E-state index in [2.05, 4.69) is 20.6 Å². The summed E-state index contributed by atoms with van der Waals surface area (Å²) in [6.45, 7) is 8.55. The van der Waals surface area contributed by atoms with Gasteiger partial charge in [-0.15, -0.1) is 0 Å². The summed E-state index contributed by atoms with van der Waals surface area (Å²) >= 11 is 0. The van der Waals surface area contributed by atoms with E-state index in [0.717, 1.165) is 5.69 Å². The molecule has 0 saturated carbocycles. The average molecular weight is 250 g/mol. The van der Waals surface area contributed by atoms with Gasteiger partial charge in [0.15, 0.2) is 0 Å². The zero-order chi connectivity index (χ0) is 13.6. The fraction of sp³-hybridized carbons (Fsp3) is 0.615. The summed E-state index contributed by atoms with van der Waals surface area (Å²) in [5.74, 6) is 0.0568. The van der Waals surface area contributed by atoms with E-state index in [4.69, 9.17) is 0 Å². The summed E-state index contributed by atoms with van der Waals surface area (Å²) in [5.41, 5.74) is 0.710. The van der Waals surface area contributed by atoms with Crippen LogP contribution in [-0.4, -0.2) is 28.0 Å². The van der Waals surface area contributed by atoms with Crippen LogP contribution in [0.2, 0.25) is 0 Å². The van der Waals surface area contributed by atoms with Gasteiger partial charge in [-0.3, -0.25) is 14.8 Å². The minimum absolute atomic E-state index is 0.0568. The van der Waals surface area contributed by atoms with Crippen LogP contribution >= 0.6 is 0 Å². The van der Waals surface area contributed by atoms with Crippen molar-refractivity contribution in [3.8, 4) is 0 Å². The van der Waals surface area contributed by atoms with Gasteiger partial charge in [-0.1, -0.05) is 0 Å². The highest BCUT2D eigenvalue weighted by Gasteiger charge is 2.13. The SMILES string of the molecule is CC(NCCC(=O)NC(C)(C)C)c1cnccn1. The van der Waals surface area contributed by atoms with Crippen LogP contribution in [0.25, 0.3) is 0 Å². The summed E-state index contributed by atoms with van der Waals surface area (Å²) in [7, 11) is 0. The standard InChI is InChI=1S/C13H22N4O/c1-10(11-9-14-7-8-16-11)15-6-5-12(18)17-13(2,3)4/h7-10,15H,5-6H2,1-4H3,(H,17,18). The van der Waals surface area contributed by atoms with Gasteiger partial charge in [0.25, 0.3) is 0 Å². The molecule has 18 heavy (non-hydrogen) atoms. The van der Waals surface area contributed by atoms with Crippen LogP contribution in [0.15, 0.2) is 18.6 Å². The minimum atomic E-state index is -0.173. The maximum atomic E-state index is 11.6. The fourth-order valence-corrected chi connectivity index (χ4v) is 1.52. The molecule has 1 unspecified atom stereocenters. The lowest BCUT2D eigenvalue weighted by molar-refractivity contribution is -0.122. The lowest BCUT2D eigenvalue weighted by Crippen LogP contribution is -2.41. The van der Waals surface area contributed by atoms with Gasteiger partial charge in [-0.05, 0) is 27.7 Å². The Morgan fingerprint density at radius 3 is 2.67 bits per heavy atom. The van der Waals surface area contributed by atoms with E-state index >= 15 is 0 Å². The molecule has 1 amide bonds. The zero-order valence-corrected chi connectivity index (χ0v) is 11.5. The molecule has 1 aromatic rings. The van der Waals surface area contributed by atoms with Crippen LogP contribution in [0, 0.1) is 0 Å². The third-order valence-corrected chi connectivity index (χ3v) is 2.34. The van der Waals surface area contributed by atoms with Crippen LogP contribution < -0.4 is 10.6 Å². The molecule has 0 aliphatic heterocycles. The van der Waals surface area contributed by atoms with Gasteiger partial charge in [-0.25, -0.2) is 0 Å². The molecule has 2 N–H and O–H groups in total. The van der Waals surface area contributed by atoms with E-state index in [1.165, 1.54) is 0 Å². The van der Waals surface area contributed by atoms with Crippen LogP contribution in [-0.2, 0) is 4.79 Å². The van der Waals surface area contributed by atoms with E-state index < -0.39 is 0 Å². The molecule has 0 spiro atoms. The van der Waals surface area contributed by atoms with Crippen molar-refractivity contribution in [1.29, 1.82) is 0 Å². The maximum absolute atomic E-state index is 11.6. The van der Waals surface area contributed by atoms with Crippen molar-refractivity contribution in [3.63, 3.8) is 0 Å². The highest BCUT2D eigenvalue weighted by Crippen LogP contribution is 2.06. The maximum Gasteiger partial charge on any atom is 0.221 e. The first-order chi connectivity index (χ1) is 8.38. The number of amides is 1.